The molecule has 4 nitrogen and oxygen atoms in total. The van der Waals surface area contributed by atoms with Gasteiger partial charge in [-0.3, -0.25) is 9.69 Å². The van der Waals surface area contributed by atoms with E-state index < -0.39 is 5.97 Å². The van der Waals surface area contributed by atoms with Crippen LogP contribution >= 0.6 is 0 Å². The van der Waals surface area contributed by atoms with E-state index >= 15 is 0 Å². The van der Waals surface area contributed by atoms with Gasteiger partial charge in [0.15, 0.2) is 0 Å². The molecule has 2 aliphatic rings. The van der Waals surface area contributed by atoms with Crippen LogP contribution in [0.3, 0.4) is 0 Å². The molecule has 4 heteroatoms. The number of ether oxygens (including phenoxy) is 1. The van der Waals surface area contributed by atoms with Gasteiger partial charge in [0.05, 0.1) is 12.0 Å². The van der Waals surface area contributed by atoms with E-state index in [0.717, 1.165) is 31.1 Å². The number of benzene rings is 2. The average molecular weight is 410 g/mol. The molecule has 0 aromatic heterocycles. The molecule has 162 valence electrons. The van der Waals surface area contributed by atoms with Gasteiger partial charge in [0.1, 0.15) is 5.75 Å². The summed E-state index contributed by atoms with van der Waals surface area (Å²) in [5.74, 6) is 0.929. The fourth-order valence-electron chi connectivity index (χ4n) is 5.08. The molecule has 0 amide bonds. The van der Waals surface area contributed by atoms with Crippen molar-refractivity contribution < 1.29 is 14.6 Å². The number of carboxylic acid groups (broad SMARTS) is 1. The number of hydrogen-bond donors (Lipinski definition) is 1. The van der Waals surface area contributed by atoms with Gasteiger partial charge in [-0.25, -0.2) is 0 Å². The molecule has 4 rings (SSSR count). The van der Waals surface area contributed by atoms with Gasteiger partial charge in [0.2, 0.25) is 0 Å². The van der Waals surface area contributed by atoms with Gasteiger partial charge in [0, 0.05) is 19.6 Å². The van der Waals surface area contributed by atoms with E-state index in [1.54, 1.807) is 0 Å². The summed E-state index contributed by atoms with van der Waals surface area (Å²) in [7, 11) is 0. The Morgan fingerprint density at radius 2 is 1.80 bits per heavy atom. The Morgan fingerprint density at radius 1 is 1.10 bits per heavy atom. The number of nitrogens with zero attached hydrogens (tertiary/aromatic N) is 1. The second-order valence-electron chi connectivity index (χ2n) is 10.4. The van der Waals surface area contributed by atoms with Crippen LogP contribution in [0.4, 0.5) is 0 Å². The molecular weight excluding hydrogens is 374 g/mol. The molecule has 2 fully saturated rings. The third kappa shape index (κ3) is 4.49. The second kappa shape index (κ2) is 8.22. The average Bonchev–Trinajstić information content (AvgIpc) is 2.66. The third-order valence-electron chi connectivity index (χ3n) is 7.21. The minimum absolute atomic E-state index is 0.203. The monoisotopic (exact) mass is 409 g/mol. The van der Waals surface area contributed by atoms with Crippen molar-refractivity contribution in [3.63, 3.8) is 0 Å². The zero-order valence-electron chi connectivity index (χ0n) is 18.8. The molecule has 2 aromatic rings. The van der Waals surface area contributed by atoms with Crippen molar-refractivity contribution in [2.45, 2.75) is 66.0 Å². The highest BCUT2D eigenvalue weighted by Crippen LogP contribution is 2.39. The highest BCUT2D eigenvalue weighted by Gasteiger charge is 2.32. The summed E-state index contributed by atoms with van der Waals surface area (Å²) < 4.78 is 6.45. The Hall–Kier alpha value is -2.07. The van der Waals surface area contributed by atoms with E-state index in [0.29, 0.717) is 24.6 Å². The molecule has 1 saturated carbocycles. The van der Waals surface area contributed by atoms with E-state index in [4.69, 9.17) is 9.84 Å². The van der Waals surface area contributed by atoms with Crippen molar-refractivity contribution in [3.8, 4) is 5.75 Å². The van der Waals surface area contributed by atoms with Crippen LogP contribution in [0.5, 0.6) is 5.75 Å². The summed E-state index contributed by atoms with van der Waals surface area (Å²) in [6.07, 6.45) is 5.12. The van der Waals surface area contributed by atoms with Crippen LogP contribution in [0.15, 0.2) is 30.3 Å². The fraction of sp³-hybridized carbons (Fsp3) is 0.577. The van der Waals surface area contributed by atoms with E-state index in [2.05, 4.69) is 62.9 Å². The minimum Gasteiger partial charge on any atom is -0.490 e. The second-order valence-corrected chi connectivity index (χ2v) is 10.4. The number of aryl methyl sites for hydroxylation is 1. The van der Waals surface area contributed by atoms with Gasteiger partial charge < -0.3 is 9.84 Å². The number of hydrogen-bond acceptors (Lipinski definition) is 3. The highest BCUT2D eigenvalue weighted by atomic mass is 16.5. The maximum absolute atomic E-state index is 11.0. The predicted molar refractivity (Wildman–Crippen MR) is 121 cm³/mol. The summed E-state index contributed by atoms with van der Waals surface area (Å²) in [4.78, 5) is 13.2. The molecule has 1 saturated heterocycles. The summed E-state index contributed by atoms with van der Waals surface area (Å²) in [5.41, 5.74) is 2.85. The summed E-state index contributed by atoms with van der Waals surface area (Å²) in [6, 6.07) is 10.9. The van der Waals surface area contributed by atoms with E-state index in [1.807, 2.05) is 0 Å². The van der Waals surface area contributed by atoms with Gasteiger partial charge in [-0.05, 0) is 78.0 Å². The predicted octanol–water partition coefficient (Wildman–Crippen LogP) is 5.65. The molecule has 2 aromatic carbocycles. The van der Waals surface area contributed by atoms with Gasteiger partial charge in [-0.15, -0.1) is 0 Å². The van der Waals surface area contributed by atoms with E-state index in [1.165, 1.54) is 34.7 Å². The topological polar surface area (TPSA) is 49.8 Å². The largest absolute Gasteiger partial charge is 0.490 e. The van der Waals surface area contributed by atoms with Crippen LogP contribution in [0.1, 0.15) is 57.6 Å². The molecule has 0 radical (unpaired) electrons. The Kier molecular flexibility index (Phi) is 5.80. The molecule has 1 N–H and O–H groups in total. The third-order valence-corrected chi connectivity index (χ3v) is 7.21. The number of fused-ring (bicyclic) bond motifs is 1. The van der Waals surface area contributed by atoms with Crippen LogP contribution < -0.4 is 4.74 Å². The van der Waals surface area contributed by atoms with Crippen LogP contribution in [0.25, 0.3) is 10.8 Å². The number of rotatable bonds is 5. The number of carboxylic acids is 1. The van der Waals surface area contributed by atoms with E-state index in [-0.39, 0.29) is 5.92 Å². The fourth-order valence-corrected chi connectivity index (χ4v) is 5.08. The van der Waals surface area contributed by atoms with Crippen LogP contribution in [-0.4, -0.2) is 35.2 Å². The lowest BCUT2D eigenvalue weighted by molar-refractivity contribution is -0.147. The maximum atomic E-state index is 11.0. The first-order valence-electron chi connectivity index (χ1n) is 11.3. The van der Waals surface area contributed by atoms with Crippen molar-refractivity contribution in [2.75, 3.05) is 13.1 Å². The lowest BCUT2D eigenvalue weighted by Gasteiger charge is -2.37. The lowest BCUT2D eigenvalue weighted by atomic mass is 9.72. The molecule has 0 atom stereocenters. The number of likely N-dealkylation sites (tertiary alicyclic amines) is 1. The van der Waals surface area contributed by atoms with Gasteiger partial charge >= 0.3 is 5.97 Å². The van der Waals surface area contributed by atoms with Crippen molar-refractivity contribution in [2.24, 2.45) is 17.3 Å². The molecule has 1 aliphatic carbocycles. The first-order valence-corrected chi connectivity index (χ1v) is 11.3. The van der Waals surface area contributed by atoms with Crippen molar-refractivity contribution in [3.05, 3.63) is 41.5 Å². The molecule has 0 spiro atoms. The summed E-state index contributed by atoms with van der Waals surface area (Å²) in [5, 5.41) is 11.5. The maximum Gasteiger partial charge on any atom is 0.309 e. The van der Waals surface area contributed by atoms with Crippen LogP contribution in [0, 0.1) is 24.2 Å². The van der Waals surface area contributed by atoms with Gasteiger partial charge in [-0.2, -0.15) is 0 Å². The van der Waals surface area contributed by atoms with Crippen molar-refractivity contribution >= 4 is 16.7 Å². The Balaban J connectivity index is 1.40. The smallest absolute Gasteiger partial charge is 0.309 e. The van der Waals surface area contributed by atoms with Gasteiger partial charge in [0.25, 0.3) is 0 Å². The van der Waals surface area contributed by atoms with Gasteiger partial charge in [-0.1, -0.05) is 39.0 Å². The first kappa shape index (κ1) is 21.2. The Morgan fingerprint density at radius 3 is 2.43 bits per heavy atom. The molecule has 1 heterocycles. The Bertz CT molecular complexity index is 916. The highest BCUT2D eigenvalue weighted by molar-refractivity contribution is 5.88. The Labute approximate surface area is 180 Å². The molecule has 1 aliphatic heterocycles. The summed E-state index contributed by atoms with van der Waals surface area (Å²) in [6.45, 7) is 11.3. The minimum atomic E-state index is -0.681. The standard InChI is InChI=1S/C26H35NO3/c1-17-23-11-5-18(14-27-15-20(16-27)25(28)29)13-19(23)6-12-24(17)30-22-9-7-21(8-10-22)26(2,3)4/h5-6,11-13,20-22H,7-10,14-16H2,1-4H3,(H,28,29). The van der Waals surface area contributed by atoms with Crippen LogP contribution in [0.2, 0.25) is 0 Å². The zero-order valence-corrected chi connectivity index (χ0v) is 18.8. The quantitative estimate of drug-likeness (QED) is 0.693. The van der Waals surface area contributed by atoms with Crippen molar-refractivity contribution in [1.82, 2.24) is 4.90 Å². The SMILES string of the molecule is Cc1c(OC2CCC(C(C)(C)C)CC2)ccc2cc(CN3CC(C(=O)O)C3)ccc12. The molecular formula is C26H35NO3. The van der Waals surface area contributed by atoms with Crippen LogP contribution in [-0.2, 0) is 11.3 Å². The normalized spacial score (nSPS) is 23.3. The zero-order chi connectivity index (χ0) is 21.5. The lowest BCUT2D eigenvalue weighted by Crippen LogP contribution is -2.49. The molecule has 0 unspecified atom stereocenters. The number of aliphatic carboxylic acids is 1. The number of carbonyl (C=O) groups is 1. The van der Waals surface area contributed by atoms with E-state index in [9.17, 15) is 4.79 Å². The molecule has 0 bridgehead atoms. The van der Waals surface area contributed by atoms with Crippen molar-refractivity contribution in [1.29, 1.82) is 0 Å². The summed E-state index contributed by atoms with van der Waals surface area (Å²) >= 11 is 0. The molecule has 30 heavy (non-hydrogen) atoms. The first-order chi connectivity index (χ1) is 14.2.